The number of aliphatic hydroxyl groups excluding tert-OH is 1. The Bertz CT molecular complexity index is 1940. The predicted molar refractivity (Wildman–Crippen MR) is 414 cm³/mol. The molecule has 0 aromatic rings. The summed E-state index contributed by atoms with van der Waals surface area (Å²) in [5, 5.41) is 10.7. The van der Waals surface area contributed by atoms with Crippen molar-refractivity contribution in [1.29, 1.82) is 0 Å². The summed E-state index contributed by atoms with van der Waals surface area (Å²) < 4.78 is 68.8. The second-order valence-electron chi connectivity index (χ2n) is 30.5. The van der Waals surface area contributed by atoms with E-state index in [0.29, 0.717) is 25.7 Å². The fourth-order valence-electron chi connectivity index (χ4n) is 12.7. The number of hydrogen-bond acceptors (Lipinski definition) is 15. The summed E-state index contributed by atoms with van der Waals surface area (Å²) in [6.07, 6.45) is 63.7. The number of phosphoric acid groups is 2. The van der Waals surface area contributed by atoms with Crippen LogP contribution in [0.2, 0.25) is 0 Å². The van der Waals surface area contributed by atoms with Gasteiger partial charge in [0.25, 0.3) is 0 Å². The van der Waals surface area contributed by atoms with Crippen LogP contribution in [0.3, 0.4) is 0 Å². The molecule has 600 valence electrons. The summed E-state index contributed by atoms with van der Waals surface area (Å²) in [6, 6.07) is 0. The topological polar surface area (TPSA) is 237 Å². The van der Waals surface area contributed by atoms with Crippen LogP contribution in [-0.4, -0.2) is 96.7 Å². The molecule has 0 aromatic heterocycles. The first-order chi connectivity index (χ1) is 48.9. The second-order valence-corrected chi connectivity index (χ2v) is 33.4. The summed E-state index contributed by atoms with van der Waals surface area (Å²) in [5.41, 5.74) is 0. The van der Waals surface area contributed by atoms with Crippen LogP contribution in [0.1, 0.15) is 433 Å². The highest BCUT2D eigenvalue weighted by Crippen LogP contribution is 2.45. The first kappa shape index (κ1) is 99.1. The van der Waals surface area contributed by atoms with Crippen LogP contribution >= 0.6 is 15.6 Å². The first-order valence-corrected chi connectivity index (χ1v) is 45.5. The van der Waals surface area contributed by atoms with Gasteiger partial charge in [-0.3, -0.25) is 37.3 Å². The Morgan fingerprint density at radius 1 is 0.267 bits per heavy atom. The van der Waals surface area contributed by atoms with E-state index in [1.54, 1.807) is 0 Å². The maximum atomic E-state index is 13.1. The van der Waals surface area contributed by atoms with Gasteiger partial charge in [0.05, 0.1) is 26.4 Å². The van der Waals surface area contributed by atoms with Gasteiger partial charge in [-0.2, -0.15) is 0 Å². The highest BCUT2D eigenvalue weighted by Gasteiger charge is 2.30. The molecule has 0 aromatic carbocycles. The molecule has 0 aliphatic heterocycles. The molecule has 0 aliphatic rings. The number of esters is 4. The number of aliphatic hydroxyl groups is 1. The molecule has 0 bridgehead atoms. The van der Waals surface area contributed by atoms with Gasteiger partial charge in [0.1, 0.15) is 19.3 Å². The normalized spacial score (nSPS) is 13.9. The molecule has 0 saturated carbocycles. The SMILES string of the molecule is CCCCCCCCCCCCCCCCCCCC(=O)OC[C@H](COP(=O)(O)OC[C@@H](O)COP(=O)(O)OC[C@@H](COC(=O)CCCCCCCCCCCCCC)OC(=O)CCCCCCCCCCCCCC(C)C)OC(=O)CCCCCCCCCCCCCCCCCC(C)C. The first-order valence-electron chi connectivity index (χ1n) is 42.5. The Morgan fingerprint density at radius 2 is 0.455 bits per heavy atom. The fourth-order valence-corrected chi connectivity index (χ4v) is 14.3. The third-order valence-electron chi connectivity index (χ3n) is 19.2. The molecule has 3 N–H and O–H groups in total. The summed E-state index contributed by atoms with van der Waals surface area (Å²) in [7, 11) is -9.92. The molecular weight excluding hydrogens is 1320 g/mol. The van der Waals surface area contributed by atoms with E-state index < -0.39 is 97.5 Å². The molecule has 0 heterocycles. The minimum Gasteiger partial charge on any atom is -0.462 e. The maximum Gasteiger partial charge on any atom is 0.472 e. The lowest BCUT2D eigenvalue weighted by atomic mass is 10.0. The number of rotatable bonds is 81. The molecule has 0 rings (SSSR count). The number of ether oxygens (including phenoxy) is 4. The summed E-state index contributed by atoms with van der Waals surface area (Å²) in [5.74, 6) is -0.537. The Balaban J connectivity index is 5.26. The van der Waals surface area contributed by atoms with Crippen LogP contribution < -0.4 is 0 Å². The molecule has 0 fully saturated rings. The van der Waals surface area contributed by atoms with Crippen LogP contribution in [0.4, 0.5) is 0 Å². The van der Waals surface area contributed by atoms with Gasteiger partial charge >= 0.3 is 39.5 Å². The van der Waals surface area contributed by atoms with E-state index in [2.05, 4.69) is 41.5 Å². The summed E-state index contributed by atoms with van der Waals surface area (Å²) in [4.78, 5) is 73.1. The predicted octanol–water partition coefficient (Wildman–Crippen LogP) is 24.7. The molecule has 0 aliphatic carbocycles. The molecular formula is C82H160O17P2. The zero-order chi connectivity index (χ0) is 74.2. The van der Waals surface area contributed by atoms with Crippen molar-refractivity contribution in [3.05, 3.63) is 0 Å². The fraction of sp³-hybridized carbons (Fsp3) is 0.951. The Morgan fingerprint density at radius 3 is 0.673 bits per heavy atom. The Hall–Kier alpha value is -1.94. The van der Waals surface area contributed by atoms with Crippen molar-refractivity contribution in [3.63, 3.8) is 0 Å². The monoisotopic (exact) mass is 1480 g/mol. The average molecular weight is 1480 g/mol. The number of carbonyl (C=O) groups excluding carboxylic acids is 4. The van der Waals surface area contributed by atoms with Crippen LogP contribution in [0, 0.1) is 11.8 Å². The lowest BCUT2D eigenvalue weighted by molar-refractivity contribution is -0.161. The molecule has 0 amide bonds. The highest BCUT2D eigenvalue weighted by atomic mass is 31.2. The average Bonchev–Trinajstić information content (AvgIpc) is 1.07. The van der Waals surface area contributed by atoms with Gasteiger partial charge in [-0.1, -0.05) is 382 Å². The molecule has 0 spiro atoms. The van der Waals surface area contributed by atoms with Crippen molar-refractivity contribution < 1.29 is 80.2 Å². The van der Waals surface area contributed by atoms with Crippen molar-refractivity contribution in [2.75, 3.05) is 39.6 Å². The number of unbranched alkanes of at least 4 members (excludes halogenated alkanes) is 51. The second kappa shape index (κ2) is 73.6. The minimum absolute atomic E-state index is 0.107. The van der Waals surface area contributed by atoms with Crippen LogP contribution in [0.25, 0.3) is 0 Å². The minimum atomic E-state index is -4.96. The third kappa shape index (κ3) is 76.1. The summed E-state index contributed by atoms with van der Waals surface area (Å²) in [6.45, 7) is 9.68. The quantitative estimate of drug-likeness (QED) is 0.0222. The molecule has 101 heavy (non-hydrogen) atoms. The van der Waals surface area contributed by atoms with E-state index in [-0.39, 0.29) is 25.7 Å². The van der Waals surface area contributed by atoms with Crippen molar-refractivity contribution in [2.45, 2.75) is 452 Å². The van der Waals surface area contributed by atoms with Crippen LogP contribution in [0.15, 0.2) is 0 Å². The van der Waals surface area contributed by atoms with Gasteiger partial charge in [-0.15, -0.1) is 0 Å². The molecule has 2 unspecified atom stereocenters. The van der Waals surface area contributed by atoms with Crippen LogP contribution in [0.5, 0.6) is 0 Å². The number of phosphoric ester groups is 2. The van der Waals surface area contributed by atoms with Crippen molar-refractivity contribution in [2.24, 2.45) is 11.8 Å². The maximum absolute atomic E-state index is 13.1. The van der Waals surface area contributed by atoms with E-state index in [1.165, 1.54) is 250 Å². The van der Waals surface area contributed by atoms with Gasteiger partial charge < -0.3 is 33.8 Å². The lowest BCUT2D eigenvalue weighted by Crippen LogP contribution is -2.30. The van der Waals surface area contributed by atoms with Gasteiger partial charge in [0, 0.05) is 25.7 Å². The van der Waals surface area contributed by atoms with Crippen molar-refractivity contribution in [3.8, 4) is 0 Å². The molecule has 17 nitrogen and oxygen atoms in total. The lowest BCUT2D eigenvalue weighted by Gasteiger charge is -2.21. The van der Waals surface area contributed by atoms with Gasteiger partial charge in [0.2, 0.25) is 0 Å². The third-order valence-corrected chi connectivity index (χ3v) is 21.1. The zero-order valence-electron chi connectivity index (χ0n) is 66.2. The standard InChI is InChI=1S/C82H160O17P2/c1-7-9-11-13-15-17-19-21-22-23-26-29-35-41-47-53-59-65-80(85)93-71-77(98-81(86)66-60-54-48-42-36-30-27-24-25-28-32-38-44-50-56-62-74(3)4)72-96-100(88,89)94-68-76(83)69-95-101(90,91)97-73-78(70-92-79(84)64-58-52-46-40-34-20-18-16-14-12-10-8-2)99-82(87)67-61-55-49-43-37-31-33-39-45-51-57-63-75(5)6/h74-78,83H,7-73H2,1-6H3,(H,88,89)(H,90,91)/t76-,77-,78-/m1/s1. The number of hydrogen-bond donors (Lipinski definition) is 3. The number of carbonyl (C=O) groups is 4. The van der Waals surface area contributed by atoms with E-state index in [1.807, 2.05) is 0 Å². The largest absolute Gasteiger partial charge is 0.472 e. The smallest absolute Gasteiger partial charge is 0.462 e. The van der Waals surface area contributed by atoms with Gasteiger partial charge in [0.15, 0.2) is 12.2 Å². The molecule has 0 saturated heterocycles. The van der Waals surface area contributed by atoms with E-state index in [4.69, 9.17) is 37.0 Å². The van der Waals surface area contributed by atoms with Gasteiger partial charge in [-0.05, 0) is 37.5 Å². The summed E-state index contributed by atoms with van der Waals surface area (Å²) >= 11 is 0. The Kier molecular flexibility index (Phi) is 72.2. The van der Waals surface area contributed by atoms with E-state index in [0.717, 1.165) is 102 Å². The van der Waals surface area contributed by atoms with Crippen molar-refractivity contribution in [1.82, 2.24) is 0 Å². The molecule has 5 atom stereocenters. The van der Waals surface area contributed by atoms with E-state index >= 15 is 0 Å². The van der Waals surface area contributed by atoms with Crippen molar-refractivity contribution >= 4 is 39.5 Å². The van der Waals surface area contributed by atoms with Gasteiger partial charge in [-0.25, -0.2) is 9.13 Å². The highest BCUT2D eigenvalue weighted by molar-refractivity contribution is 7.47. The van der Waals surface area contributed by atoms with E-state index in [9.17, 15) is 43.2 Å². The molecule has 0 radical (unpaired) electrons. The Labute approximate surface area is 619 Å². The molecule has 19 heteroatoms. The van der Waals surface area contributed by atoms with Crippen LogP contribution in [-0.2, 0) is 65.4 Å². The zero-order valence-corrected chi connectivity index (χ0v) is 68.0.